The molecule has 2 N–H and O–H groups in total. The first-order valence-corrected chi connectivity index (χ1v) is 11.4. The van der Waals surface area contributed by atoms with Gasteiger partial charge < -0.3 is 18.4 Å². The summed E-state index contributed by atoms with van der Waals surface area (Å²) < 4.78 is 44.1. The van der Waals surface area contributed by atoms with Gasteiger partial charge in [-0.3, -0.25) is 4.98 Å². The second-order valence-electron chi connectivity index (χ2n) is 7.30. The van der Waals surface area contributed by atoms with Crippen LogP contribution in [0.25, 0.3) is 21.7 Å². The molecule has 2 heterocycles. The quantitative estimate of drug-likeness (QED) is 0.418. The summed E-state index contributed by atoms with van der Waals surface area (Å²) in [6, 6.07) is 12.5. The number of para-hydroxylation sites is 1. The van der Waals surface area contributed by atoms with Gasteiger partial charge in [0.1, 0.15) is 5.52 Å². The molecule has 4 aromatic rings. The molecule has 2 aromatic carbocycles. The Morgan fingerprint density at radius 1 is 0.939 bits per heavy atom. The standard InChI is InChI=1S/C23H23N3O6S/c1-29-13-19-18-11-22(31-3)21(30-2)10-17(18)15(12-25-19)9-16-8-7-14-5-4-6-20(23(14)26-16)32-33(24,27)28/h4-8,10-12H,9,13H2,1-3H3,(H2,24,27,28). The van der Waals surface area contributed by atoms with Crippen LogP contribution >= 0.6 is 0 Å². The van der Waals surface area contributed by atoms with Gasteiger partial charge >= 0.3 is 10.3 Å². The van der Waals surface area contributed by atoms with Gasteiger partial charge in [0.2, 0.25) is 0 Å². The molecule has 0 atom stereocenters. The summed E-state index contributed by atoms with van der Waals surface area (Å²) in [5.74, 6) is 1.26. The van der Waals surface area contributed by atoms with Crippen molar-refractivity contribution in [3.05, 3.63) is 65.6 Å². The molecule has 33 heavy (non-hydrogen) atoms. The fraction of sp³-hybridized carbons (Fsp3) is 0.217. The van der Waals surface area contributed by atoms with Crippen molar-refractivity contribution in [1.82, 2.24) is 9.97 Å². The Kier molecular flexibility index (Phi) is 6.32. The largest absolute Gasteiger partial charge is 0.493 e. The minimum Gasteiger partial charge on any atom is -0.493 e. The lowest BCUT2D eigenvalue weighted by molar-refractivity contribution is 0.182. The molecular formula is C23H23N3O6S. The first-order valence-electron chi connectivity index (χ1n) is 9.95. The Balaban J connectivity index is 1.83. The maximum atomic E-state index is 11.5. The number of nitrogens with zero attached hydrogens (tertiary/aromatic N) is 2. The van der Waals surface area contributed by atoms with E-state index in [4.69, 9.17) is 23.5 Å². The van der Waals surface area contributed by atoms with Crippen molar-refractivity contribution in [2.24, 2.45) is 5.14 Å². The highest BCUT2D eigenvalue weighted by Gasteiger charge is 2.15. The molecule has 0 amide bonds. The zero-order chi connectivity index (χ0) is 23.6. The molecule has 2 aromatic heterocycles. The molecule has 0 spiro atoms. The van der Waals surface area contributed by atoms with Crippen LogP contribution in [-0.4, -0.2) is 39.7 Å². The second-order valence-corrected chi connectivity index (χ2v) is 8.45. The number of fused-ring (bicyclic) bond motifs is 2. The number of pyridine rings is 2. The van der Waals surface area contributed by atoms with Gasteiger partial charge in [-0.1, -0.05) is 18.2 Å². The molecule has 0 bridgehead atoms. The van der Waals surface area contributed by atoms with Crippen LogP contribution in [0, 0.1) is 0 Å². The number of benzene rings is 2. The van der Waals surface area contributed by atoms with Gasteiger partial charge in [-0.2, -0.15) is 13.6 Å². The van der Waals surface area contributed by atoms with Crippen molar-refractivity contribution in [2.45, 2.75) is 13.0 Å². The van der Waals surface area contributed by atoms with Crippen molar-refractivity contribution < 1.29 is 26.8 Å². The predicted octanol–water partition coefficient (Wildman–Crippen LogP) is 3.12. The summed E-state index contributed by atoms with van der Waals surface area (Å²) in [4.78, 5) is 9.23. The third-order valence-corrected chi connectivity index (χ3v) is 5.57. The van der Waals surface area contributed by atoms with Gasteiger partial charge in [0, 0.05) is 36.2 Å². The topological polar surface area (TPSA) is 123 Å². The van der Waals surface area contributed by atoms with Crippen LogP contribution in [0.5, 0.6) is 17.2 Å². The molecule has 0 saturated carbocycles. The van der Waals surface area contributed by atoms with E-state index in [1.54, 1.807) is 33.6 Å². The lowest BCUT2D eigenvalue weighted by Gasteiger charge is -2.14. The summed E-state index contributed by atoms with van der Waals surface area (Å²) >= 11 is 0. The van der Waals surface area contributed by atoms with Crippen molar-refractivity contribution in [3.8, 4) is 17.2 Å². The fourth-order valence-electron chi connectivity index (χ4n) is 3.72. The normalized spacial score (nSPS) is 11.6. The molecule has 0 radical (unpaired) electrons. The van der Waals surface area contributed by atoms with Crippen molar-refractivity contribution in [3.63, 3.8) is 0 Å². The third kappa shape index (κ3) is 4.82. The number of hydrogen-bond donors (Lipinski definition) is 1. The SMILES string of the molecule is COCc1ncc(Cc2ccc3cccc(OS(N)(=O)=O)c3n2)c2cc(OC)c(OC)cc12. The van der Waals surface area contributed by atoms with Crippen LogP contribution in [0.15, 0.2) is 48.7 Å². The van der Waals surface area contributed by atoms with Crippen molar-refractivity contribution in [1.29, 1.82) is 0 Å². The van der Waals surface area contributed by atoms with Gasteiger partial charge in [0.15, 0.2) is 17.2 Å². The third-order valence-electron chi connectivity index (χ3n) is 5.16. The highest BCUT2D eigenvalue weighted by Crippen LogP contribution is 2.35. The number of aromatic nitrogens is 2. The van der Waals surface area contributed by atoms with E-state index >= 15 is 0 Å². The zero-order valence-corrected chi connectivity index (χ0v) is 19.2. The summed E-state index contributed by atoms with van der Waals surface area (Å²) in [7, 11) is 0.594. The zero-order valence-electron chi connectivity index (χ0n) is 18.4. The van der Waals surface area contributed by atoms with Crippen molar-refractivity contribution in [2.75, 3.05) is 21.3 Å². The first kappa shape index (κ1) is 22.7. The van der Waals surface area contributed by atoms with Crippen LogP contribution in [0.4, 0.5) is 0 Å². The lowest BCUT2D eigenvalue weighted by atomic mass is 10.00. The van der Waals surface area contributed by atoms with Crippen LogP contribution < -0.4 is 18.8 Å². The monoisotopic (exact) mass is 469 g/mol. The van der Waals surface area contributed by atoms with Crippen LogP contribution in [0.2, 0.25) is 0 Å². The van der Waals surface area contributed by atoms with Gasteiger partial charge in [0.05, 0.1) is 26.5 Å². The van der Waals surface area contributed by atoms with E-state index in [0.29, 0.717) is 35.7 Å². The summed E-state index contributed by atoms with van der Waals surface area (Å²) in [6.07, 6.45) is 2.22. The molecule has 0 aliphatic rings. The van der Waals surface area contributed by atoms with Crippen LogP contribution in [0.1, 0.15) is 17.0 Å². The highest BCUT2D eigenvalue weighted by molar-refractivity contribution is 7.84. The average Bonchev–Trinajstić information content (AvgIpc) is 2.79. The fourth-order valence-corrected chi connectivity index (χ4v) is 4.10. The molecule has 4 rings (SSSR count). The molecule has 9 nitrogen and oxygen atoms in total. The molecule has 0 aliphatic heterocycles. The maximum absolute atomic E-state index is 11.5. The Hall–Kier alpha value is -3.47. The van der Waals surface area contributed by atoms with E-state index < -0.39 is 10.3 Å². The molecule has 0 unspecified atom stereocenters. The Morgan fingerprint density at radius 2 is 1.67 bits per heavy atom. The van der Waals surface area contributed by atoms with Crippen LogP contribution in [0.3, 0.4) is 0 Å². The van der Waals surface area contributed by atoms with Gasteiger partial charge in [-0.15, -0.1) is 0 Å². The van der Waals surface area contributed by atoms with E-state index in [0.717, 1.165) is 27.4 Å². The second kappa shape index (κ2) is 9.18. The molecule has 0 saturated heterocycles. The molecule has 0 fully saturated rings. The minimum absolute atomic E-state index is 0.0710. The molecular weight excluding hydrogens is 446 g/mol. The molecule has 10 heteroatoms. The minimum atomic E-state index is -4.18. The lowest BCUT2D eigenvalue weighted by Crippen LogP contribution is -2.19. The first-order chi connectivity index (χ1) is 15.8. The summed E-state index contributed by atoms with van der Waals surface area (Å²) in [5.41, 5.74) is 2.77. The maximum Gasteiger partial charge on any atom is 0.380 e. The summed E-state index contributed by atoms with van der Waals surface area (Å²) in [6.45, 7) is 0.342. The van der Waals surface area contributed by atoms with Crippen molar-refractivity contribution >= 4 is 32.0 Å². The number of hydrogen-bond acceptors (Lipinski definition) is 8. The summed E-state index contributed by atoms with van der Waals surface area (Å²) in [5, 5.41) is 7.58. The Labute approximate surface area is 191 Å². The smallest absolute Gasteiger partial charge is 0.380 e. The number of methoxy groups -OCH3 is 3. The van der Waals surface area contributed by atoms with Crippen LogP contribution in [-0.2, 0) is 28.1 Å². The predicted molar refractivity (Wildman–Crippen MR) is 124 cm³/mol. The molecule has 172 valence electrons. The number of rotatable bonds is 8. The average molecular weight is 470 g/mol. The Morgan fingerprint density at radius 3 is 2.33 bits per heavy atom. The van der Waals surface area contributed by atoms with E-state index in [1.807, 2.05) is 30.3 Å². The van der Waals surface area contributed by atoms with Gasteiger partial charge in [0.25, 0.3) is 0 Å². The van der Waals surface area contributed by atoms with Gasteiger partial charge in [-0.05, 0) is 35.2 Å². The Bertz CT molecular complexity index is 1440. The van der Waals surface area contributed by atoms with E-state index in [9.17, 15) is 8.42 Å². The number of nitrogens with two attached hydrogens (primary N) is 1. The van der Waals surface area contributed by atoms with E-state index in [1.165, 1.54) is 6.07 Å². The van der Waals surface area contributed by atoms with Gasteiger partial charge in [-0.25, -0.2) is 4.98 Å². The highest BCUT2D eigenvalue weighted by atomic mass is 32.2. The number of ether oxygens (including phenoxy) is 3. The van der Waals surface area contributed by atoms with E-state index in [2.05, 4.69) is 9.97 Å². The molecule has 0 aliphatic carbocycles. The van der Waals surface area contributed by atoms with E-state index in [-0.39, 0.29) is 5.75 Å².